The lowest BCUT2D eigenvalue weighted by Crippen LogP contribution is -2.38. The van der Waals surface area contributed by atoms with Crippen LogP contribution in [0, 0.1) is 5.92 Å². The molecular weight excluding hydrogens is 759 g/mol. The molecule has 6 aromatic rings. The van der Waals surface area contributed by atoms with E-state index >= 15 is 0 Å². The van der Waals surface area contributed by atoms with Crippen LogP contribution in [-0.4, -0.2) is 40.3 Å². The van der Waals surface area contributed by atoms with E-state index in [1.807, 2.05) is 109 Å². The zero-order valence-corrected chi connectivity index (χ0v) is 34.3. The third kappa shape index (κ3) is 11.2. The Hall–Kier alpha value is -5.52. The maximum atomic E-state index is 12.6. The Morgan fingerprint density at radius 1 is 0.712 bits per heavy atom. The molecule has 0 unspecified atom stereocenters. The van der Waals surface area contributed by atoms with E-state index in [9.17, 15) is 14.7 Å². The van der Waals surface area contributed by atoms with Gasteiger partial charge in [-0.05, 0) is 52.8 Å². The van der Waals surface area contributed by atoms with Gasteiger partial charge in [0.1, 0.15) is 5.69 Å². The van der Waals surface area contributed by atoms with Crippen LogP contribution in [0.25, 0.3) is 33.7 Å². The number of carbonyl (C=O) groups is 2. The van der Waals surface area contributed by atoms with E-state index in [-0.39, 0.29) is 36.5 Å². The first-order chi connectivity index (χ1) is 28.8. The highest BCUT2D eigenvalue weighted by Crippen LogP contribution is 2.44. The molecule has 7 rings (SSSR count). The molecule has 304 valence electrons. The summed E-state index contributed by atoms with van der Waals surface area (Å²) in [4.78, 5) is 28.6. The molecule has 1 saturated heterocycles. The van der Waals surface area contributed by atoms with Gasteiger partial charge in [-0.1, -0.05) is 146 Å². The highest BCUT2D eigenvalue weighted by molar-refractivity contribution is 7.99. The van der Waals surface area contributed by atoms with E-state index in [1.165, 1.54) is 18.7 Å². The van der Waals surface area contributed by atoms with Crippen molar-refractivity contribution in [2.45, 2.75) is 76.4 Å². The lowest BCUT2D eigenvalue weighted by Gasteiger charge is -2.41. The number of carbonyl (C=O) groups excluding carboxylic acids is 2. The van der Waals surface area contributed by atoms with E-state index in [4.69, 9.17) is 18.9 Å². The van der Waals surface area contributed by atoms with E-state index in [0.29, 0.717) is 30.5 Å². The van der Waals surface area contributed by atoms with Crippen molar-refractivity contribution in [3.63, 3.8) is 0 Å². The summed E-state index contributed by atoms with van der Waals surface area (Å²) in [6.07, 6.45) is 1.83. The van der Waals surface area contributed by atoms with Gasteiger partial charge in [0.15, 0.2) is 12.1 Å². The van der Waals surface area contributed by atoms with E-state index in [2.05, 4.69) is 41.8 Å². The van der Waals surface area contributed by atoms with E-state index in [0.717, 1.165) is 75.2 Å². The Labute approximate surface area is 350 Å². The van der Waals surface area contributed by atoms with Crippen molar-refractivity contribution < 1.29 is 28.6 Å². The maximum Gasteiger partial charge on any atom is 0.256 e. The van der Waals surface area contributed by atoms with Crippen LogP contribution < -0.4 is 10.6 Å². The number of hydrogen-bond donors (Lipinski definition) is 3. The molecule has 3 N–H and O–H groups in total. The monoisotopic (exact) mass is 809 g/mol. The van der Waals surface area contributed by atoms with Crippen molar-refractivity contribution in [1.29, 1.82) is 0 Å². The number of amides is 2. The van der Waals surface area contributed by atoms with Crippen LogP contribution in [0.2, 0.25) is 0 Å². The van der Waals surface area contributed by atoms with Crippen LogP contribution in [0.1, 0.15) is 74.2 Å². The van der Waals surface area contributed by atoms with Crippen LogP contribution in [0.3, 0.4) is 0 Å². The Bertz CT molecular complexity index is 2220. The zero-order chi connectivity index (χ0) is 41.0. The van der Waals surface area contributed by atoms with Gasteiger partial charge < -0.3 is 29.6 Å². The fraction of sp³-hybridized carbons (Fsp3) is 0.286. The molecule has 1 aliphatic heterocycles. The first kappa shape index (κ1) is 41.6. The predicted octanol–water partition coefficient (Wildman–Crippen LogP) is 10.1. The molecule has 59 heavy (non-hydrogen) atoms. The fourth-order valence-corrected chi connectivity index (χ4v) is 8.26. The van der Waals surface area contributed by atoms with Gasteiger partial charge in [-0.25, -0.2) is 4.98 Å². The van der Waals surface area contributed by atoms with Crippen molar-refractivity contribution in [3.8, 4) is 33.7 Å². The van der Waals surface area contributed by atoms with Gasteiger partial charge in [0.25, 0.3) is 5.22 Å². The molecule has 5 aromatic carbocycles. The van der Waals surface area contributed by atoms with Gasteiger partial charge in [-0.15, -0.1) is 0 Å². The van der Waals surface area contributed by atoms with Gasteiger partial charge in [-0.2, -0.15) is 0 Å². The average molecular weight is 810 g/mol. The Kier molecular flexibility index (Phi) is 14.4. The van der Waals surface area contributed by atoms with Crippen LogP contribution in [0.15, 0.2) is 143 Å². The van der Waals surface area contributed by atoms with Crippen molar-refractivity contribution in [2.75, 3.05) is 12.3 Å². The third-order valence-electron chi connectivity index (χ3n) is 10.5. The molecule has 2 heterocycles. The summed E-state index contributed by atoms with van der Waals surface area (Å²) >= 11 is 1.54. The number of unbranched alkanes of at least 4 members (excludes halogenated alkanes) is 2. The molecule has 4 atom stereocenters. The van der Waals surface area contributed by atoms with Crippen LogP contribution >= 0.6 is 11.8 Å². The molecule has 1 aliphatic rings. The Morgan fingerprint density at radius 2 is 1.41 bits per heavy atom. The predicted molar refractivity (Wildman–Crippen MR) is 232 cm³/mol. The minimum atomic E-state index is -0.649. The van der Waals surface area contributed by atoms with Crippen molar-refractivity contribution >= 4 is 23.6 Å². The second-order valence-electron chi connectivity index (χ2n) is 14.9. The summed E-state index contributed by atoms with van der Waals surface area (Å²) in [5, 5.41) is 16.1. The van der Waals surface area contributed by atoms with Crippen molar-refractivity contribution in [2.24, 2.45) is 5.92 Å². The summed E-state index contributed by atoms with van der Waals surface area (Å²) in [5.41, 5.74) is 8.55. The van der Waals surface area contributed by atoms with Gasteiger partial charge in [0.2, 0.25) is 11.8 Å². The second-order valence-corrected chi connectivity index (χ2v) is 15.9. The molecule has 0 bridgehead atoms. The molecule has 0 spiro atoms. The fourth-order valence-electron chi connectivity index (χ4n) is 7.27. The number of hydrogen-bond acceptors (Lipinski definition) is 8. The molecule has 9 nitrogen and oxygen atoms in total. The van der Waals surface area contributed by atoms with Crippen molar-refractivity contribution in [1.82, 2.24) is 15.6 Å². The molecular formula is C49H51N3O6S. The number of aliphatic hydroxyl groups excluding tert-OH is 1. The number of aromatic nitrogens is 1. The van der Waals surface area contributed by atoms with Crippen LogP contribution in [0.5, 0.6) is 0 Å². The topological polar surface area (TPSA) is 123 Å². The summed E-state index contributed by atoms with van der Waals surface area (Å²) in [5.74, 6) is 1.28. The summed E-state index contributed by atoms with van der Waals surface area (Å²) in [7, 11) is 0. The molecule has 1 fully saturated rings. The van der Waals surface area contributed by atoms with E-state index < -0.39 is 6.29 Å². The van der Waals surface area contributed by atoms with Crippen LogP contribution in [0.4, 0.5) is 0 Å². The minimum absolute atomic E-state index is 0.0159. The molecule has 10 heteroatoms. The van der Waals surface area contributed by atoms with Gasteiger partial charge in [-0.3, -0.25) is 9.59 Å². The quantitative estimate of drug-likeness (QED) is 0.0615. The third-order valence-corrected chi connectivity index (χ3v) is 11.5. The lowest BCUT2D eigenvalue weighted by molar-refractivity contribution is -0.268. The smallest absolute Gasteiger partial charge is 0.256 e. The number of nitrogens with zero attached hydrogens (tertiary/aromatic N) is 1. The molecule has 0 radical (unpaired) electrons. The standard InChI is InChI=1S/C49H51N3O6S/c1-33-43(32-59-49-52-45(37-15-6-3-7-16-37)47(58-49)38-17-8-4-9-18-38)56-48(57-46(33)39-25-23-35(31-53)24-26-39)42-21-13-20-41(29-42)40-19-12-14-36(28-40)30-51-44(55)22-10-5-11-27-50-34(2)54/h3-4,6-9,12-21,23-26,28-29,33,43,46,48,53H,5,10-11,22,27,30-32H2,1-2H3,(H,50,54)(H,51,55)/t33-,43+,46+,48+/m1/s1. The Balaban J connectivity index is 1.07. The molecule has 0 saturated carbocycles. The highest BCUT2D eigenvalue weighted by atomic mass is 32.2. The first-order valence-electron chi connectivity index (χ1n) is 20.3. The number of rotatable bonds is 17. The maximum absolute atomic E-state index is 12.6. The highest BCUT2D eigenvalue weighted by Gasteiger charge is 2.39. The van der Waals surface area contributed by atoms with Crippen LogP contribution in [-0.2, 0) is 32.2 Å². The largest absolute Gasteiger partial charge is 0.431 e. The number of nitrogens with one attached hydrogen (secondary N) is 2. The number of aliphatic hydroxyl groups is 1. The number of ether oxygens (including phenoxy) is 2. The molecule has 1 aromatic heterocycles. The normalized spacial score (nSPS) is 17.7. The summed E-state index contributed by atoms with van der Waals surface area (Å²) in [6.45, 7) is 4.71. The second kappa shape index (κ2) is 20.4. The number of thioether (sulfide) groups is 1. The number of benzene rings is 5. The van der Waals surface area contributed by atoms with Gasteiger partial charge >= 0.3 is 0 Å². The molecule has 2 amide bonds. The summed E-state index contributed by atoms with van der Waals surface area (Å²) in [6, 6.07) is 44.5. The number of oxazole rings is 1. The average Bonchev–Trinajstić information content (AvgIpc) is 3.71. The van der Waals surface area contributed by atoms with Gasteiger partial charge in [0, 0.05) is 54.8 Å². The molecule has 0 aliphatic carbocycles. The van der Waals surface area contributed by atoms with Crippen molar-refractivity contribution in [3.05, 3.63) is 156 Å². The van der Waals surface area contributed by atoms with E-state index in [1.54, 1.807) is 0 Å². The zero-order valence-electron chi connectivity index (χ0n) is 33.5. The minimum Gasteiger partial charge on any atom is -0.431 e. The SMILES string of the molecule is CC(=O)NCCCCCC(=O)NCc1cccc(-c2cccc([C@H]3O[C@@H](CSc4nc(-c5ccccc5)c(-c5ccccc5)o4)[C@@H](C)[C@@H](c4ccc(CO)cc4)O3)c2)c1. The van der Waals surface area contributed by atoms with Gasteiger partial charge in [0.05, 0.1) is 18.8 Å². The Morgan fingerprint density at radius 3 is 2.14 bits per heavy atom. The first-order valence-corrected chi connectivity index (χ1v) is 21.3. The lowest BCUT2D eigenvalue weighted by atomic mass is 9.91. The summed E-state index contributed by atoms with van der Waals surface area (Å²) < 4.78 is 20.1.